The van der Waals surface area contributed by atoms with Gasteiger partial charge in [0, 0.05) is 16.6 Å². The number of aromatic nitrogens is 1. The van der Waals surface area contributed by atoms with Gasteiger partial charge in [-0.1, -0.05) is 0 Å². The van der Waals surface area contributed by atoms with Crippen molar-refractivity contribution in [3.63, 3.8) is 0 Å². The molecule has 0 N–H and O–H groups in total. The number of hydrogen-bond donors (Lipinski definition) is 0. The maximum absolute atomic E-state index is 13.5. The number of methoxy groups -OCH3 is 1. The van der Waals surface area contributed by atoms with Crippen molar-refractivity contribution in [3.8, 4) is 22.4 Å². The summed E-state index contributed by atoms with van der Waals surface area (Å²) in [6, 6.07) is 6.75. The fraction of sp³-hybridized carbons (Fsp3) is 0.167. The van der Waals surface area contributed by atoms with Crippen LogP contribution >= 0.6 is 11.3 Å². The number of rotatable bonds is 3. The summed E-state index contributed by atoms with van der Waals surface area (Å²) in [6.07, 6.45) is 1.97. The first-order chi connectivity index (χ1) is 8.24. The Bertz CT molecular complexity index is 574. The minimum absolute atomic E-state index is 0.211. The summed E-state index contributed by atoms with van der Waals surface area (Å²) in [6.45, 7) is 0. The number of nitriles is 1. The van der Waals surface area contributed by atoms with E-state index < -0.39 is 5.82 Å². The summed E-state index contributed by atoms with van der Waals surface area (Å²) in [7, 11) is 1.42. The molecule has 0 radical (unpaired) electrons. The van der Waals surface area contributed by atoms with Crippen LogP contribution < -0.4 is 4.74 Å². The van der Waals surface area contributed by atoms with Gasteiger partial charge in [0.25, 0.3) is 0 Å². The normalized spacial score (nSPS) is 9.94. The third-order valence-electron chi connectivity index (χ3n) is 2.21. The molecule has 0 atom stereocenters. The van der Waals surface area contributed by atoms with Gasteiger partial charge in [0.1, 0.15) is 5.01 Å². The smallest absolute Gasteiger partial charge is 0.165 e. The number of ether oxygens (including phenoxy) is 1. The number of halogens is 1. The maximum atomic E-state index is 13.5. The summed E-state index contributed by atoms with van der Waals surface area (Å²) in [5, 5.41) is 9.27. The van der Waals surface area contributed by atoms with Crippen LogP contribution in [0.15, 0.2) is 24.4 Å². The fourth-order valence-corrected chi connectivity index (χ4v) is 2.24. The second-order valence-electron chi connectivity index (χ2n) is 3.32. The Hall–Kier alpha value is -1.93. The highest BCUT2D eigenvalue weighted by Crippen LogP contribution is 2.28. The molecule has 1 heterocycles. The minimum atomic E-state index is -0.415. The zero-order valence-electron chi connectivity index (χ0n) is 9.11. The minimum Gasteiger partial charge on any atom is -0.494 e. The van der Waals surface area contributed by atoms with E-state index in [1.54, 1.807) is 18.3 Å². The van der Waals surface area contributed by atoms with Crippen molar-refractivity contribution in [2.24, 2.45) is 0 Å². The lowest BCUT2D eigenvalue weighted by Crippen LogP contribution is -1.88. The van der Waals surface area contributed by atoms with Gasteiger partial charge in [-0.05, 0) is 18.2 Å². The van der Waals surface area contributed by atoms with Crippen molar-refractivity contribution >= 4 is 11.3 Å². The Kier molecular flexibility index (Phi) is 3.35. The molecule has 0 spiro atoms. The molecule has 3 nitrogen and oxygen atoms in total. The van der Waals surface area contributed by atoms with E-state index in [0.29, 0.717) is 17.0 Å². The molecule has 1 aromatic heterocycles. The van der Waals surface area contributed by atoms with Crippen LogP contribution in [0.5, 0.6) is 5.75 Å². The number of benzene rings is 1. The Morgan fingerprint density at radius 3 is 3.00 bits per heavy atom. The van der Waals surface area contributed by atoms with E-state index in [1.165, 1.54) is 24.5 Å². The van der Waals surface area contributed by atoms with E-state index in [1.807, 2.05) is 0 Å². The first kappa shape index (κ1) is 11.6. The van der Waals surface area contributed by atoms with Crippen LogP contribution in [0.4, 0.5) is 4.39 Å². The van der Waals surface area contributed by atoms with Crippen molar-refractivity contribution in [3.05, 3.63) is 35.1 Å². The molecule has 5 heteroatoms. The fourth-order valence-electron chi connectivity index (χ4n) is 1.40. The van der Waals surface area contributed by atoms with Crippen LogP contribution in [0.2, 0.25) is 0 Å². The molecule has 0 aliphatic carbocycles. The largest absolute Gasteiger partial charge is 0.494 e. The van der Waals surface area contributed by atoms with Gasteiger partial charge in [-0.2, -0.15) is 5.26 Å². The number of hydrogen-bond acceptors (Lipinski definition) is 4. The zero-order chi connectivity index (χ0) is 12.3. The van der Waals surface area contributed by atoms with Gasteiger partial charge >= 0.3 is 0 Å². The number of thiazole rings is 1. The second-order valence-corrected chi connectivity index (χ2v) is 4.43. The summed E-state index contributed by atoms with van der Waals surface area (Å²) >= 11 is 1.39. The molecule has 0 saturated heterocycles. The molecule has 0 bridgehead atoms. The molecule has 1 aromatic carbocycles. The SMILES string of the molecule is COc1ccc(-c2ncc(CC#N)s2)cc1F. The van der Waals surface area contributed by atoms with Crippen LogP contribution in [0.3, 0.4) is 0 Å². The van der Waals surface area contributed by atoms with Gasteiger partial charge in [-0.3, -0.25) is 0 Å². The standard InChI is InChI=1S/C12H9FN2OS/c1-16-11-3-2-8(6-10(11)13)12-15-7-9(17-12)4-5-14/h2-3,6-7H,4H2,1H3. The van der Waals surface area contributed by atoms with Gasteiger partial charge < -0.3 is 4.74 Å². The van der Waals surface area contributed by atoms with Crippen molar-refractivity contribution in [1.29, 1.82) is 5.26 Å². The highest BCUT2D eigenvalue weighted by molar-refractivity contribution is 7.15. The van der Waals surface area contributed by atoms with Gasteiger partial charge in [-0.25, -0.2) is 9.37 Å². The third-order valence-corrected chi connectivity index (χ3v) is 3.25. The quantitative estimate of drug-likeness (QED) is 0.838. The lowest BCUT2D eigenvalue weighted by molar-refractivity contribution is 0.386. The summed E-state index contributed by atoms with van der Waals surface area (Å²) in [5.41, 5.74) is 0.692. The highest BCUT2D eigenvalue weighted by Gasteiger charge is 2.08. The maximum Gasteiger partial charge on any atom is 0.165 e. The Balaban J connectivity index is 2.33. The van der Waals surface area contributed by atoms with Gasteiger partial charge in [0.2, 0.25) is 0 Å². The molecule has 0 aliphatic heterocycles. The third kappa shape index (κ3) is 2.43. The van der Waals surface area contributed by atoms with Crippen LogP contribution in [0, 0.1) is 17.1 Å². The number of nitrogens with zero attached hydrogens (tertiary/aromatic N) is 2. The highest BCUT2D eigenvalue weighted by atomic mass is 32.1. The summed E-state index contributed by atoms with van der Waals surface area (Å²) in [4.78, 5) is 5.04. The molecule has 2 rings (SSSR count). The van der Waals surface area contributed by atoms with E-state index in [0.717, 1.165) is 4.88 Å². The van der Waals surface area contributed by atoms with E-state index in [2.05, 4.69) is 11.1 Å². The van der Waals surface area contributed by atoms with Gasteiger partial charge in [0.05, 0.1) is 19.6 Å². The topological polar surface area (TPSA) is 45.9 Å². The molecule has 86 valence electrons. The van der Waals surface area contributed by atoms with Gasteiger partial charge in [0.15, 0.2) is 11.6 Å². The average molecular weight is 248 g/mol. The molecule has 0 fully saturated rings. The Morgan fingerprint density at radius 2 is 2.35 bits per heavy atom. The summed E-state index contributed by atoms with van der Waals surface area (Å²) < 4.78 is 18.3. The molecular formula is C12H9FN2OS. The summed E-state index contributed by atoms with van der Waals surface area (Å²) in [5.74, 6) is -0.204. The molecule has 2 aromatic rings. The van der Waals surface area contributed by atoms with Crippen LogP contribution in [-0.4, -0.2) is 12.1 Å². The molecule has 0 amide bonds. The van der Waals surface area contributed by atoms with Crippen LogP contribution in [0.25, 0.3) is 10.6 Å². The Morgan fingerprint density at radius 1 is 1.53 bits per heavy atom. The second kappa shape index (κ2) is 4.93. The first-order valence-electron chi connectivity index (χ1n) is 4.90. The molecule has 0 saturated carbocycles. The molecule has 0 unspecified atom stereocenters. The van der Waals surface area contributed by atoms with E-state index >= 15 is 0 Å². The van der Waals surface area contributed by atoms with Crippen LogP contribution in [0.1, 0.15) is 4.88 Å². The van der Waals surface area contributed by atoms with Crippen molar-refractivity contribution in [2.75, 3.05) is 7.11 Å². The average Bonchev–Trinajstić information content (AvgIpc) is 2.78. The van der Waals surface area contributed by atoms with Gasteiger partial charge in [-0.15, -0.1) is 11.3 Å². The predicted molar refractivity (Wildman–Crippen MR) is 63.4 cm³/mol. The van der Waals surface area contributed by atoms with Crippen molar-refractivity contribution in [1.82, 2.24) is 4.98 Å². The zero-order valence-corrected chi connectivity index (χ0v) is 9.92. The molecular weight excluding hydrogens is 239 g/mol. The van der Waals surface area contributed by atoms with E-state index in [9.17, 15) is 4.39 Å². The first-order valence-corrected chi connectivity index (χ1v) is 5.72. The van der Waals surface area contributed by atoms with Crippen molar-refractivity contribution in [2.45, 2.75) is 6.42 Å². The lowest BCUT2D eigenvalue weighted by atomic mass is 10.2. The lowest BCUT2D eigenvalue weighted by Gasteiger charge is -2.02. The Labute approximate surface area is 102 Å². The van der Waals surface area contributed by atoms with Crippen LogP contribution in [-0.2, 0) is 6.42 Å². The van der Waals surface area contributed by atoms with Crippen molar-refractivity contribution < 1.29 is 9.13 Å². The molecule has 17 heavy (non-hydrogen) atoms. The van der Waals surface area contributed by atoms with E-state index in [4.69, 9.17) is 10.00 Å². The predicted octanol–water partition coefficient (Wildman–Crippen LogP) is 3.02. The van der Waals surface area contributed by atoms with E-state index in [-0.39, 0.29) is 5.75 Å². The monoisotopic (exact) mass is 248 g/mol. The molecule has 0 aliphatic rings.